The van der Waals surface area contributed by atoms with Crippen LogP contribution in [0.2, 0.25) is 0 Å². The predicted octanol–water partition coefficient (Wildman–Crippen LogP) is 2.23. The highest BCUT2D eigenvalue weighted by atomic mass is 16.6. The second-order valence-electron chi connectivity index (χ2n) is 6.53. The molecule has 0 unspecified atom stereocenters. The van der Waals surface area contributed by atoms with E-state index in [1.165, 1.54) is 6.07 Å². The van der Waals surface area contributed by atoms with Gasteiger partial charge in [-0.15, -0.1) is 0 Å². The largest absolute Gasteiger partial charge is 0.328 e. The van der Waals surface area contributed by atoms with E-state index in [9.17, 15) is 14.9 Å². The van der Waals surface area contributed by atoms with E-state index in [1.54, 1.807) is 17.0 Å². The number of urea groups is 1. The van der Waals surface area contributed by atoms with Crippen LogP contribution in [0.3, 0.4) is 0 Å². The Morgan fingerprint density at radius 1 is 1.26 bits per heavy atom. The molecule has 7 heteroatoms. The zero-order valence-corrected chi connectivity index (χ0v) is 13.3. The second-order valence-corrected chi connectivity index (χ2v) is 6.53. The van der Waals surface area contributed by atoms with Gasteiger partial charge in [-0.2, -0.15) is 0 Å². The number of hydrogen-bond acceptors (Lipinski definition) is 4. The average molecular weight is 318 g/mol. The summed E-state index contributed by atoms with van der Waals surface area (Å²) < 4.78 is 0. The van der Waals surface area contributed by atoms with Crippen molar-refractivity contribution >= 4 is 11.7 Å². The molecule has 1 saturated carbocycles. The molecule has 0 aromatic heterocycles. The second kappa shape index (κ2) is 6.16. The van der Waals surface area contributed by atoms with E-state index in [2.05, 4.69) is 0 Å². The van der Waals surface area contributed by atoms with Crippen molar-refractivity contribution in [3.05, 3.63) is 39.4 Å². The molecule has 124 valence electrons. The third-order valence-electron chi connectivity index (χ3n) is 4.98. The molecule has 7 nitrogen and oxygen atoms in total. The van der Waals surface area contributed by atoms with Gasteiger partial charge in [-0.25, -0.2) is 4.79 Å². The number of nitro groups is 1. The van der Waals surface area contributed by atoms with E-state index in [1.807, 2.05) is 11.9 Å². The molecule has 1 fully saturated rings. The van der Waals surface area contributed by atoms with E-state index in [-0.39, 0.29) is 23.8 Å². The first-order chi connectivity index (χ1) is 11.0. The van der Waals surface area contributed by atoms with Crippen molar-refractivity contribution in [3.63, 3.8) is 0 Å². The van der Waals surface area contributed by atoms with E-state index in [0.717, 1.165) is 36.8 Å². The minimum absolute atomic E-state index is 0.00988. The Morgan fingerprint density at radius 3 is 2.57 bits per heavy atom. The summed E-state index contributed by atoms with van der Waals surface area (Å²) >= 11 is 0. The number of carbonyl (C=O) groups is 1. The van der Waals surface area contributed by atoms with Crippen LogP contribution in [-0.2, 0) is 13.1 Å². The quantitative estimate of drug-likeness (QED) is 0.668. The zero-order chi connectivity index (χ0) is 16.6. The highest BCUT2D eigenvalue weighted by Crippen LogP contribution is 2.29. The molecule has 1 heterocycles. The molecule has 1 aliphatic carbocycles. The van der Waals surface area contributed by atoms with Gasteiger partial charge in [-0.1, -0.05) is 6.07 Å². The fraction of sp³-hybridized carbons (Fsp3) is 0.562. The first kappa shape index (κ1) is 15.7. The van der Waals surface area contributed by atoms with Crippen LogP contribution in [0.25, 0.3) is 0 Å². The third-order valence-corrected chi connectivity index (χ3v) is 4.98. The molecule has 2 N–H and O–H groups in total. The van der Waals surface area contributed by atoms with E-state index >= 15 is 0 Å². The third kappa shape index (κ3) is 3.14. The lowest BCUT2D eigenvalue weighted by atomic mass is 9.91. The Labute approximate surface area is 135 Å². The predicted molar refractivity (Wildman–Crippen MR) is 85.7 cm³/mol. The molecular weight excluding hydrogens is 296 g/mol. The number of rotatable bonds is 2. The van der Waals surface area contributed by atoms with E-state index in [0.29, 0.717) is 13.1 Å². The number of nitrogens with zero attached hydrogens (tertiary/aromatic N) is 3. The summed E-state index contributed by atoms with van der Waals surface area (Å²) in [7, 11) is 1.84. The summed E-state index contributed by atoms with van der Waals surface area (Å²) in [6, 6.07) is 5.30. The summed E-state index contributed by atoms with van der Waals surface area (Å²) in [6.45, 7) is 0.954. The highest BCUT2D eigenvalue weighted by molar-refractivity contribution is 5.75. The molecule has 0 spiro atoms. The molecule has 3 rings (SSSR count). The van der Waals surface area contributed by atoms with Gasteiger partial charge in [0.25, 0.3) is 5.69 Å². The van der Waals surface area contributed by atoms with Gasteiger partial charge >= 0.3 is 6.03 Å². The fourth-order valence-electron chi connectivity index (χ4n) is 3.50. The van der Waals surface area contributed by atoms with Crippen LogP contribution in [-0.4, -0.2) is 39.9 Å². The number of non-ortho nitro benzene ring substituents is 1. The topological polar surface area (TPSA) is 92.7 Å². The number of fused-ring (bicyclic) bond motifs is 1. The molecule has 23 heavy (non-hydrogen) atoms. The van der Waals surface area contributed by atoms with Gasteiger partial charge in [0.1, 0.15) is 0 Å². The molecule has 0 bridgehead atoms. The Balaban J connectivity index is 1.66. The van der Waals surface area contributed by atoms with Gasteiger partial charge in [0, 0.05) is 44.4 Å². The maximum atomic E-state index is 12.7. The minimum atomic E-state index is -0.401. The first-order valence-electron chi connectivity index (χ1n) is 7.99. The molecule has 1 aromatic rings. The number of carbonyl (C=O) groups excluding carboxylic acids is 1. The van der Waals surface area contributed by atoms with Gasteiger partial charge < -0.3 is 15.5 Å². The van der Waals surface area contributed by atoms with E-state index < -0.39 is 4.92 Å². The van der Waals surface area contributed by atoms with Crippen molar-refractivity contribution in [2.45, 2.75) is 50.9 Å². The Kier molecular flexibility index (Phi) is 4.21. The van der Waals surface area contributed by atoms with Crippen LogP contribution in [0, 0.1) is 10.1 Å². The monoisotopic (exact) mass is 318 g/mol. The Bertz CT molecular complexity index is 626. The molecule has 2 amide bonds. The van der Waals surface area contributed by atoms with Crippen molar-refractivity contribution in [2.24, 2.45) is 5.73 Å². The summed E-state index contributed by atoms with van der Waals surface area (Å²) in [5.41, 5.74) is 7.86. The number of nitro benzene ring substituents is 1. The van der Waals surface area contributed by atoms with Crippen molar-refractivity contribution in [1.82, 2.24) is 9.80 Å². The van der Waals surface area contributed by atoms with Gasteiger partial charge in [-0.05, 0) is 36.8 Å². The molecule has 1 aromatic carbocycles. The maximum Gasteiger partial charge on any atom is 0.320 e. The summed E-state index contributed by atoms with van der Waals surface area (Å²) in [4.78, 5) is 26.7. The lowest BCUT2D eigenvalue weighted by Crippen LogP contribution is -2.46. The molecule has 0 saturated heterocycles. The van der Waals surface area contributed by atoms with Gasteiger partial charge in [0.2, 0.25) is 0 Å². The van der Waals surface area contributed by atoms with Gasteiger partial charge in [0.05, 0.1) is 4.92 Å². The van der Waals surface area contributed by atoms with Crippen LogP contribution in [0.15, 0.2) is 18.2 Å². The minimum Gasteiger partial charge on any atom is -0.328 e. The highest BCUT2D eigenvalue weighted by Gasteiger charge is 2.31. The van der Waals surface area contributed by atoms with Crippen LogP contribution in [0.5, 0.6) is 0 Å². The Morgan fingerprint density at radius 2 is 1.91 bits per heavy atom. The Hall–Kier alpha value is -2.15. The van der Waals surface area contributed by atoms with Gasteiger partial charge in [0.15, 0.2) is 0 Å². The van der Waals surface area contributed by atoms with Crippen molar-refractivity contribution in [1.29, 1.82) is 0 Å². The van der Waals surface area contributed by atoms with Crippen LogP contribution in [0.1, 0.15) is 36.8 Å². The first-order valence-corrected chi connectivity index (χ1v) is 7.99. The number of amides is 2. The molecule has 1 aliphatic heterocycles. The van der Waals surface area contributed by atoms with Crippen LogP contribution < -0.4 is 5.73 Å². The van der Waals surface area contributed by atoms with E-state index in [4.69, 9.17) is 5.73 Å². The molecule has 0 radical (unpaired) electrons. The molecule has 2 aliphatic rings. The standard InChI is InChI=1S/C16H22N4O3/c1-18(14-6-3-13(17)4-7-14)16(21)19-9-11-2-5-15(20(22)23)8-12(11)10-19/h2,5,8,13-14H,3-4,6-7,9-10,17H2,1H3. The van der Waals surface area contributed by atoms with Crippen LogP contribution in [0.4, 0.5) is 10.5 Å². The lowest BCUT2D eigenvalue weighted by molar-refractivity contribution is -0.384. The lowest BCUT2D eigenvalue weighted by Gasteiger charge is -2.35. The summed E-state index contributed by atoms with van der Waals surface area (Å²) in [5, 5.41) is 10.9. The van der Waals surface area contributed by atoms with Crippen molar-refractivity contribution < 1.29 is 9.72 Å². The molecule has 0 atom stereocenters. The fourth-order valence-corrected chi connectivity index (χ4v) is 3.50. The smallest absolute Gasteiger partial charge is 0.320 e. The maximum absolute atomic E-state index is 12.7. The van der Waals surface area contributed by atoms with Crippen molar-refractivity contribution in [3.8, 4) is 0 Å². The summed E-state index contributed by atoms with van der Waals surface area (Å²) in [6.07, 6.45) is 3.79. The normalized spacial score (nSPS) is 23.5. The van der Waals surface area contributed by atoms with Gasteiger partial charge in [-0.3, -0.25) is 10.1 Å². The zero-order valence-electron chi connectivity index (χ0n) is 13.3. The van der Waals surface area contributed by atoms with Crippen LogP contribution >= 0.6 is 0 Å². The molecular formula is C16H22N4O3. The number of benzene rings is 1. The average Bonchev–Trinajstić information content (AvgIpc) is 2.97. The summed E-state index contributed by atoms with van der Waals surface area (Å²) in [5.74, 6) is 0. The SMILES string of the molecule is CN(C(=O)N1Cc2ccc([N+](=O)[O-])cc2C1)C1CCC(N)CC1. The van der Waals surface area contributed by atoms with Crippen molar-refractivity contribution in [2.75, 3.05) is 7.05 Å². The number of nitrogens with two attached hydrogens (primary N) is 1. The number of hydrogen-bond donors (Lipinski definition) is 1.